The Morgan fingerprint density at radius 3 is 2.35 bits per heavy atom. The van der Waals surface area contributed by atoms with Gasteiger partial charge in [-0.1, -0.05) is 13.8 Å². The fourth-order valence-electron chi connectivity index (χ4n) is 1.76. The summed E-state index contributed by atoms with van der Waals surface area (Å²) in [6.07, 6.45) is -2.96. The van der Waals surface area contributed by atoms with E-state index in [4.69, 9.17) is 0 Å². The third-order valence-corrected chi connectivity index (χ3v) is 4.70. The zero-order valence-corrected chi connectivity index (χ0v) is 13.8. The predicted octanol–water partition coefficient (Wildman–Crippen LogP) is 4.87. The Labute approximate surface area is 138 Å². The minimum absolute atomic E-state index is 0.139. The quantitative estimate of drug-likeness (QED) is 0.672. The van der Waals surface area contributed by atoms with Gasteiger partial charge in [0.2, 0.25) is 0 Å². The Hall–Kier alpha value is -1.87. The molecule has 0 atom stereocenters. The molecule has 120 valence electrons. The van der Waals surface area contributed by atoms with E-state index in [0.29, 0.717) is 16.6 Å². The number of halogens is 3. The van der Waals surface area contributed by atoms with Crippen molar-refractivity contribution in [2.75, 3.05) is 0 Å². The van der Waals surface area contributed by atoms with Crippen molar-refractivity contribution in [2.45, 2.75) is 25.9 Å². The first-order valence-electron chi connectivity index (χ1n) is 6.66. The van der Waals surface area contributed by atoms with Crippen LogP contribution >= 0.6 is 22.7 Å². The molecule has 0 aliphatic heterocycles. The Morgan fingerprint density at radius 1 is 1.00 bits per heavy atom. The first-order chi connectivity index (χ1) is 10.8. The van der Waals surface area contributed by atoms with Crippen molar-refractivity contribution in [1.29, 1.82) is 0 Å². The van der Waals surface area contributed by atoms with E-state index >= 15 is 0 Å². The third-order valence-electron chi connectivity index (χ3n) is 2.97. The lowest BCUT2D eigenvalue weighted by Gasteiger charge is -2.01. The molecule has 0 aromatic carbocycles. The number of nitrogens with zero attached hydrogens (tertiary/aromatic N) is 4. The molecule has 0 fully saturated rings. The van der Waals surface area contributed by atoms with Crippen LogP contribution in [0.4, 0.5) is 13.2 Å². The lowest BCUT2D eigenvalue weighted by molar-refractivity contribution is -0.140. The summed E-state index contributed by atoms with van der Waals surface area (Å²) >= 11 is 2.32. The minimum atomic E-state index is -4.46. The Bertz CT molecular complexity index is 823. The first-order valence-corrected chi connectivity index (χ1v) is 8.42. The second-order valence-corrected chi connectivity index (χ2v) is 6.75. The van der Waals surface area contributed by atoms with Crippen LogP contribution < -0.4 is 0 Å². The van der Waals surface area contributed by atoms with Crippen molar-refractivity contribution in [3.05, 3.63) is 34.4 Å². The normalized spacial score (nSPS) is 12.1. The average molecular weight is 356 g/mol. The van der Waals surface area contributed by atoms with Crippen LogP contribution in [0.5, 0.6) is 0 Å². The standard InChI is InChI=1S/C14H11F3N4S2/c1-7(2)9-5-22-12(20-9)8-3-4-18-11(19-8)13-21-10(6-23-13)14(15,16)17/h3-7H,1-2H3. The maximum Gasteiger partial charge on any atom is 0.434 e. The lowest BCUT2D eigenvalue weighted by atomic mass is 10.2. The number of thiazole rings is 2. The van der Waals surface area contributed by atoms with Gasteiger partial charge in [-0.25, -0.2) is 19.9 Å². The molecule has 0 saturated carbocycles. The molecule has 3 rings (SSSR count). The number of rotatable bonds is 3. The summed E-state index contributed by atoms with van der Waals surface area (Å²) in [6.45, 7) is 4.08. The van der Waals surface area contributed by atoms with E-state index in [1.165, 1.54) is 17.5 Å². The van der Waals surface area contributed by atoms with E-state index in [1.54, 1.807) is 6.07 Å². The highest BCUT2D eigenvalue weighted by Gasteiger charge is 2.34. The molecule has 23 heavy (non-hydrogen) atoms. The SMILES string of the molecule is CC(C)c1csc(-c2ccnc(-c3nc(C(F)(F)F)cs3)n2)n1. The van der Waals surface area contributed by atoms with E-state index in [-0.39, 0.29) is 10.8 Å². The molecule has 0 saturated heterocycles. The summed E-state index contributed by atoms with van der Waals surface area (Å²) in [5, 5.41) is 3.77. The summed E-state index contributed by atoms with van der Waals surface area (Å²) in [7, 11) is 0. The summed E-state index contributed by atoms with van der Waals surface area (Å²) in [5.41, 5.74) is 0.609. The van der Waals surface area contributed by atoms with Gasteiger partial charge in [0.1, 0.15) is 10.7 Å². The molecule has 0 amide bonds. The molecule has 3 aromatic rings. The van der Waals surface area contributed by atoms with E-state index < -0.39 is 11.9 Å². The molecule has 0 radical (unpaired) electrons. The molecule has 3 aromatic heterocycles. The van der Waals surface area contributed by atoms with Gasteiger partial charge in [0.15, 0.2) is 16.5 Å². The third kappa shape index (κ3) is 3.40. The highest BCUT2D eigenvalue weighted by Crippen LogP contribution is 2.33. The van der Waals surface area contributed by atoms with Crippen LogP contribution in [0.3, 0.4) is 0 Å². The van der Waals surface area contributed by atoms with Crippen molar-refractivity contribution in [1.82, 2.24) is 19.9 Å². The molecule has 0 spiro atoms. The number of alkyl halides is 3. The predicted molar refractivity (Wildman–Crippen MR) is 83.3 cm³/mol. The van der Waals surface area contributed by atoms with Crippen LogP contribution in [0.15, 0.2) is 23.0 Å². The smallest absolute Gasteiger partial charge is 0.239 e. The fourth-order valence-corrected chi connectivity index (χ4v) is 3.47. The van der Waals surface area contributed by atoms with Crippen LogP contribution in [0.1, 0.15) is 31.2 Å². The van der Waals surface area contributed by atoms with Gasteiger partial charge >= 0.3 is 6.18 Å². The van der Waals surface area contributed by atoms with Gasteiger partial charge in [-0.15, -0.1) is 22.7 Å². The zero-order valence-electron chi connectivity index (χ0n) is 12.1. The first kappa shape index (κ1) is 16.0. The summed E-state index contributed by atoms with van der Waals surface area (Å²) in [6, 6.07) is 1.69. The van der Waals surface area contributed by atoms with Gasteiger partial charge in [-0.2, -0.15) is 13.2 Å². The Kier molecular flexibility index (Phi) is 4.15. The molecule has 4 nitrogen and oxygen atoms in total. The fraction of sp³-hybridized carbons (Fsp3) is 0.286. The summed E-state index contributed by atoms with van der Waals surface area (Å²) in [5.74, 6) is 0.471. The number of hydrogen-bond donors (Lipinski definition) is 0. The lowest BCUT2D eigenvalue weighted by Crippen LogP contribution is -2.05. The van der Waals surface area contributed by atoms with Crippen molar-refractivity contribution in [3.8, 4) is 21.5 Å². The second kappa shape index (κ2) is 5.97. The van der Waals surface area contributed by atoms with Crippen LogP contribution in [-0.2, 0) is 6.18 Å². The highest BCUT2D eigenvalue weighted by molar-refractivity contribution is 7.13. The molecule has 0 N–H and O–H groups in total. The van der Waals surface area contributed by atoms with Crippen molar-refractivity contribution in [2.24, 2.45) is 0 Å². The van der Waals surface area contributed by atoms with Crippen LogP contribution in [0.25, 0.3) is 21.5 Å². The monoisotopic (exact) mass is 356 g/mol. The van der Waals surface area contributed by atoms with E-state index in [0.717, 1.165) is 22.4 Å². The van der Waals surface area contributed by atoms with Gasteiger partial charge in [-0.3, -0.25) is 0 Å². The van der Waals surface area contributed by atoms with E-state index in [1.807, 2.05) is 19.2 Å². The molecule has 3 heterocycles. The molecule has 0 aliphatic carbocycles. The van der Waals surface area contributed by atoms with Crippen molar-refractivity contribution >= 4 is 22.7 Å². The Balaban J connectivity index is 1.94. The molecular formula is C14H11F3N4S2. The minimum Gasteiger partial charge on any atom is -0.239 e. The van der Waals surface area contributed by atoms with Crippen LogP contribution in [0, 0.1) is 0 Å². The van der Waals surface area contributed by atoms with Gasteiger partial charge in [-0.05, 0) is 12.0 Å². The molecule has 0 bridgehead atoms. The number of hydrogen-bond acceptors (Lipinski definition) is 6. The topological polar surface area (TPSA) is 51.6 Å². The second-order valence-electron chi connectivity index (χ2n) is 5.03. The van der Waals surface area contributed by atoms with Crippen LogP contribution in [-0.4, -0.2) is 19.9 Å². The molecule has 0 unspecified atom stereocenters. The largest absolute Gasteiger partial charge is 0.434 e. The highest BCUT2D eigenvalue weighted by atomic mass is 32.1. The average Bonchev–Trinajstić information content (AvgIpc) is 3.16. The Morgan fingerprint density at radius 2 is 1.74 bits per heavy atom. The maximum absolute atomic E-state index is 12.6. The van der Waals surface area contributed by atoms with Crippen molar-refractivity contribution < 1.29 is 13.2 Å². The summed E-state index contributed by atoms with van der Waals surface area (Å²) in [4.78, 5) is 16.4. The van der Waals surface area contributed by atoms with E-state index in [9.17, 15) is 13.2 Å². The number of aromatic nitrogens is 4. The van der Waals surface area contributed by atoms with Crippen molar-refractivity contribution in [3.63, 3.8) is 0 Å². The molecule has 9 heteroatoms. The van der Waals surface area contributed by atoms with Gasteiger partial charge < -0.3 is 0 Å². The zero-order chi connectivity index (χ0) is 16.6. The van der Waals surface area contributed by atoms with E-state index in [2.05, 4.69) is 19.9 Å². The molecular weight excluding hydrogens is 345 g/mol. The molecule has 0 aliphatic rings. The summed E-state index contributed by atoms with van der Waals surface area (Å²) < 4.78 is 37.9. The maximum atomic E-state index is 12.6. The van der Waals surface area contributed by atoms with Gasteiger partial charge in [0.05, 0.1) is 5.69 Å². The van der Waals surface area contributed by atoms with Crippen LogP contribution in [0.2, 0.25) is 0 Å². The van der Waals surface area contributed by atoms with Gasteiger partial charge in [0, 0.05) is 17.0 Å². The van der Waals surface area contributed by atoms with Gasteiger partial charge in [0.25, 0.3) is 0 Å².